The molecule has 2 heterocycles. The predicted molar refractivity (Wildman–Crippen MR) is 90.5 cm³/mol. The fraction of sp³-hybridized carbons (Fsp3) is 0.294. The highest BCUT2D eigenvalue weighted by Gasteiger charge is 2.35. The van der Waals surface area contributed by atoms with Gasteiger partial charge in [0.05, 0.1) is 17.7 Å². The maximum absolute atomic E-state index is 12.6. The Balaban J connectivity index is 1.76. The molecule has 5 nitrogen and oxygen atoms in total. The van der Waals surface area contributed by atoms with Crippen molar-refractivity contribution in [3.63, 3.8) is 0 Å². The molecule has 2 amide bonds. The van der Waals surface area contributed by atoms with Crippen molar-refractivity contribution in [3.05, 3.63) is 53.5 Å². The van der Waals surface area contributed by atoms with Crippen LogP contribution in [0.3, 0.4) is 0 Å². The summed E-state index contributed by atoms with van der Waals surface area (Å²) in [6, 6.07) is 6.94. The van der Waals surface area contributed by atoms with Gasteiger partial charge in [0, 0.05) is 11.4 Å². The molecule has 0 radical (unpaired) electrons. The van der Waals surface area contributed by atoms with Crippen LogP contribution in [0.1, 0.15) is 21.5 Å². The Kier molecular flexibility index (Phi) is 4.43. The zero-order valence-corrected chi connectivity index (χ0v) is 13.9. The first kappa shape index (κ1) is 15.7. The number of rotatable bonds is 3. The van der Waals surface area contributed by atoms with E-state index in [4.69, 9.17) is 4.42 Å². The average molecular weight is 330 g/mol. The highest BCUT2D eigenvalue weighted by molar-refractivity contribution is 7.99. The van der Waals surface area contributed by atoms with E-state index in [1.165, 1.54) is 12.5 Å². The number of benzene rings is 1. The van der Waals surface area contributed by atoms with Gasteiger partial charge in [0.15, 0.2) is 0 Å². The molecule has 2 aromatic rings. The van der Waals surface area contributed by atoms with Gasteiger partial charge < -0.3 is 14.6 Å². The Morgan fingerprint density at radius 1 is 1.30 bits per heavy atom. The summed E-state index contributed by atoms with van der Waals surface area (Å²) in [5.74, 6) is 0.778. The molecule has 0 saturated carbocycles. The Morgan fingerprint density at radius 2 is 2.13 bits per heavy atom. The topological polar surface area (TPSA) is 62.6 Å². The summed E-state index contributed by atoms with van der Waals surface area (Å²) in [4.78, 5) is 26.7. The normalized spacial score (nSPS) is 17.3. The van der Waals surface area contributed by atoms with E-state index in [-0.39, 0.29) is 11.8 Å². The maximum Gasteiger partial charge on any atom is 0.258 e. The van der Waals surface area contributed by atoms with Gasteiger partial charge in [-0.3, -0.25) is 9.59 Å². The molecule has 1 aliphatic heterocycles. The monoisotopic (exact) mass is 330 g/mol. The standard InChI is InChI=1S/C17H18N2O3S/c1-11-4-3-5-14(12(11)2)18-16(20)15-9-23-10-19(15)17(21)13-6-7-22-8-13/h3-8,15H,9-10H2,1-2H3,(H,18,20)/t15-/m0/s1. The van der Waals surface area contributed by atoms with E-state index < -0.39 is 6.04 Å². The molecule has 23 heavy (non-hydrogen) atoms. The lowest BCUT2D eigenvalue weighted by Crippen LogP contribution is -2.44. The molecule has 0 spiro atoms. The zero-order chi connectivity index (χ0) is 16.4. The van der Waals surface area contributed by atoms with Gasteiger partial charge >= 0.3 is 0 Å². The van der Waals surface area contributed by atoms with E-state index in [9.17, 15) is 9.59 Å². The largest absolute Gasteiger partial charge is 0.472 e. The van der Waals surface area contributed by atoms with Crippen LogP contribution >= 0.6 is 11.8 Å². The van der Waals surface area contributed by atoms with Crippen LogP contribution in [0.5, 0.6) is 0 Å². The second kappa shape index (κ2) is 6.50. The third-order valence-electron chi connectivity index (χ3n) is 4.08. The van der Waals surface area contributed by atoms with Crippen molar-refractivity contribution in [2.24, 2.45) is 0 Å². The molecule has 1 aromatic carbocycles. The molecule has 1 aromatic heterocycles. The van der Waals surface area contributed by atoms with Gasteiger partial charge in [-0.2, -0.15) is 0 Å². The van der Waals surface area contributed by atoms with E-state index in [1.54, 1.807) is 22.7 Å². The maximum atomic E-state index is 12.6. The fourth-order valence-electron chi connectivity index (χ4n) is 2.51. The molecule has 1 atom stereocenters. The van der Waals surface area contributed by atoms with Crippen LogP contribution in [0.25, 0.3) is 0 Å². The van der Waals surface area contributed by atoms with E-state index in [2.05, 4.69) is 5.32 Å². The lowest BCUT2D eigenvalue weighted by Gasteiger charge is -2.23. The fourth-order valence-corrected chi connectivity index (χ4v) is 3.67. The number of hydrogen-bond acceptors (Lipinski definition) is 4. The van der Waals surface area contributed by atoms with Crippen LogP contribution in [0, 0.1) is 13.8 Å². The molecule has 120 valence electrons. The number of hydrogen-bond donors (Lipinski definition) is 1. The Bertz CT molecular complexity index is 727. The summed E-state index contributed by atoms with van der Waals surface area (Å²) in [5, 5.41) is 2.95. The number of aryl methyl sites for hydroxylation is 1. The van der Waals surface area contributed by atoms with Crippen LogP contribution in [-0.2, 0) is 4.79 Å². The van der Waals surface area contributed by atoms with Gasteiger partial charge in [0.2, 0.25) is 5.91 Å². The molecular weight excluding hydrogens is 312 g/mol. The van der Waals surface area contributed by atoms with Gasteiger partial charge in [-0.25, -0.2) is 0 Å². The Hall–Kier alpha value is -2.21. The third-order valence-corrected chi connectivity index (χ3v) is 5.09. The average Bonchev–Trinajstić information content (AvgIpc) is 3.21. The minimum absolute atomic E-state index is 0.152. The summed E-state index contributed by atoms with van der Waals surface area (Å²) in [5.41, 5.74) is 3.42. The number of nitrogens with one attached hydrogen (secondary N) is 1. The highest BCUT2D eigenvalue weighted by Crippen LogP contribution is 2.25. The van der Waals surface area contributed by atoms with Gasteiger partial charge in [-0.15, -0.1) is 11.8 Å². The summed E-state index contributed by atoms with van der Waals surface area (Å²) in [6.45, 7) is 3.98. The second-order valence-electron chi connectivity index (χ2n) is 5.54. The molecule has 1 saturated heterocycles. The SMILES string of the molecule is Cc1cccc(NC(=O)[C@@H]2CSCN2C(=O)c2ccoc2)c1C. The summed E-state index contributed by atoms with van der Waals surface area (Å²) in [6.07, 6.45) is 2.87. The Labute approximate surface area is 139 Å². The van der Waals surface area contributed by atoms with Gasteiger partial charge in [0.25, 0.3) is 5.91 Å². The highest BCUT2D eigenvalue weighted by atomic mass is 32.2. The molecular formula is C17H18N2O3S. The predicted octanol–water partition coefficient (Wildman–Crippen LogP) is 3.05. The Morgan fingerprint density at radius 3 is 2.87 bits per heavy atom. The van der Waals surface area contributed by atoms with Gasteiger partial charge in [0.1, 0.15) is 12.3 Å². The quantitative estimate of drug-likeness (QED) is 0.939. The molecule has 6 heteroatoms. The van der Waals surface area contributed by atoms with Crippen LogP contribution in [0.2, 0.25) is 0 Å². The van der Waals surface area contributed by atoms with E-state index >= 15 is 0 Å². The summed E-state index contributed by atoms with van der Waals surface area (Å²) < 4.78 is 4.96. The molecule has 0 aliphatic carbocycles. The molecule has 1 fully saturated rings. The summed E-state index contributed by atoms with van der Waals surface area (Å²) in [7, 11) is 0. The first-order valence-electron chi connectivity index (χ1n) is 7.36. The van der Waals surface area contributed by atoms with Crippen LogP contribution < -0.4 is 5.32 Å². The van der Waals surface area contributed by atoms with Crippen molar-refractivity contribution in [2.75, 3.05) is 16.9 Å². The smallest absolute Gasteiger partial charge is 0.258 e. The number of anilines is 1. The van der Waals surface area contributed by atoms with E-state index in [0.717, 1.165) is 16.8 Å². The van der Waals surface area contributed by atoms with Gasteiger partial charge in [-0.1, -0.05) is 12.1 Å². The lowest BCUT2D eigenvalue weighted by atomic mass is 10.1. The van der Waals surface area contributed by atoms with Crippen LogP contribution in [0.15, 0.2) is 41.2 Å². The second-order valence-corrected chi connectivity index (χ2v) is 6.54. The van der Waals surface area contributed by atoms with Gasteiger partial charge in [-0.05, 0) is 37.1 Å². The van der Waals surface area contributed by atoms with Crippen LogP contribution in [-0.4, -0.2) is 34.4 Å². The number of furan rings is 1. The number of carbonyl (C=O) groups excluding carboxylic acids is 2. The van der Waals surface area contributed by atoms with Crippen molar-refractivity contribution in [1.29, 1.82) is 0 Å². The number of carbonyl (C=O) groups is 2. The zero-order valence-electron chi connectivity index (χ0n) is 13.0. The van der Waals surface area contributed by atoms with Crippen LogP contribution in [0.4, 0.5) is 5.69 Å². The van der Waals surface area contributed by atoms with Crippen molar-refractivity contribution in [3.8, 4) is 0 Å². The number of amides is 2. The first-order chi connectivity index (χ1) is 11.1. The molecule has 3 rings (SSSR count). The molecule has 0 unspecified atom stereocenters. The van der Waals surface area contributed by atoms with Crippen molar-refractivity contribution in [1.82, 2.24) is 4.90 Å². The molecule has 0 bridgehead atoms. The number of nitrogens with zero attached hydrogens (tertiary/aromatic N) is 1. The lowest BCUT2D eigenvalue weighted by molar-refractivity contribution is -0.119. The van der Waals surface area contributed by atoms with E-state index in [1.807, 2.05) is 32.0 Å². The summed E-state index contributed by atoms with van der Waals surface area (Å²) >= 11 is 1.58. The molecule has 1 aliphatic rings. The minimum atomic E-state index is -0.470. The minimum Gasteiger partial charge on any atom is -0.472 e. The van der Waals surface area contributed by atoms with Crippen molar-refractivity contribution >= 4 is 29.3 Å². The van der Waals surface area contributed by atoms with E-state index in [0.29, 0.717) is 17.2 Å². The third kappa shape index (κ3) is 3.12. The molecule has 1 N–H and O–H groups in total. The van der Waals surface area contributed by atoms with Crippen molar-refractivity contribution in [2.45, 2.75) is 19.9 Å². The van der Waals surface area contributed by atoms with Crippen molar-refractivity contribution < 1.29 is 14.0 Å². The number of thioether (sulfide) groups is 1. The first-order valence-corrected chi connectivity index (χ1v) is 8.51.